The molecular weight excluding hydrogens is 426 g/mol. The standard InChI is InChI=1S/C24H19N3O4S/c28-22(26-17-9-8-15-10-11-25-21(15)13-17)14-32-18-5-3-4-16(12-18)27-23(29)19-6-1-2-7-20(19)24(30)31/h1-13,25H,14H2,(H,26,28)(H,27,29)(H,30,31). The fourth-order valence-electron chi connectivity index (χ4n) is 3.20. The lowest BCUT2D eigenvalue weighted by Gasteiger charge is -2.09. The van der Waals surface area contributed by atoms with Crippen molar-refractivity contribution in [2.45, 2.75) is 4.90 Å². The van der Waals surface area contributed by atoms with Gasteiger partial charge in [0.1, 0.15) is 0 Å². The minimum Gasteiger partial charge on any atom is -0.478 e. The number of carboxylic acid groups (broad SMARTS) is 1. The Hall–Kier alpha value is -4.04. The Balaban J connectivity index is 1.37. The molecule has 0 bridgehead atoms. The summed E-state index contributed by atoms with van der Waals surface area (Å²) < 4.78 is 0. The summed E-state index contributed by atoms with van der Waals surface area (Å²) in [5.41, 5.74) is 2.19. The Morgan fingerprint density at radius 2 is 1.62 bits per heavy atom. The number of nitrogens with one attached hydrogen (secondary N) is 3. The zero-order valence-corrected chi connectivity index (χ0v) is 17.6. The van der Waals surface area contributed by atoms with E-state index in [2.05, 4.69) is 15.6 Å². The van der Waals surface area contributed by atoms with Gasteiger partial charge < -0.3 is 20.7 Å². The number of aromatic amines is 1. The molecule has 0 spiro atoms. The van der Waals surface area contributed by atoms with Crippen LogP contribution in [0.3, 0.4) is 0 Å². The van der Waals surface area contributed by atoms with Gasteiger partial charge in [0.25, 0.3) is 5.91 Å². The fraction of sp³-hybridized carbons (Fsp3) is 0.0417. The third-order valence-electron chi connectivity index (χ3n) is 4.70. The van der Waals surface area contributed by atoms with E-state index in [9.17, 15) is 19.5 Å². The predicted molar refractivity (Wildman–Crippen MR) is 125 cm³/mol. The average Bonchev–Trinajstić information content (AvgIpc) is 3.26. The summed E-state index contributed by atoms with van der Waals surface area (Å²) in [6, 6.07) is 20.7. The first-order valence-electron chi connectivity index (χ1n) is 9.73. The summed E-state index contributed by atoms with van der Waals surface area (Å²) in [4.78, 5) is 40.1. The molecule has 0 aliphatic rings. The van der Waals surface area contributed by atoms with Crippen LogP contribution in [0.4, 0.5) is 11.4 Å². The van der Waals surface area contributed by atoms with Crippen molar-refractivity contribution in [3.63, 3.8) is 0 Å². The second-order valence-electron chi connectivity index (χ2n) is 6.95. The van der Waals surface area contributed by atoms with Gasteiger partial charge in [-0.2, -0.15) is 0 Å². The topological polar surface area (TPSA) is 111 Å². The number of carbonyl (C=O) groups is 3. The van der Waals surface area contributed by atoms with Gasteiger partial charge in [0.15, 0.2) is 0 Å². The molecule has 3 aromatic carbocycles. The first-order chi connectivity index (χ1) is 15.5. The number of aromatic nitrogens is 1. The highest BCUT2D eigenvalue weighted by Gasteiger charge is 2.16. The lowest BCUT2D eigenvalue weighted by Crippen LogP contribution is -2.16. The number of hydrogen-bond donors (Lipinski definition) is 4. The number of rotatable bonds is 7. The number of carbonyl (C=O) groups excluding carboxylic acids is 2. The van der Waals surface area contributed by atoms with Crippen LogP contribution < -0.4 is 10.6 Å². The van der Waals surface area contributed by atoms with E-state index in [0.29, 0.717) is 11.4 Å². The SMILES string of the molecule is O=C(CSc1cccc(NC(=O)c2ccccc2C(=O)O)c1)Nc1ccc2cc[nH]c2c1. The number of hydrogen-bond acceptors (Lipinski definition) is 4. The molecule has 0 unspecified atom stereocenters. The molecule has 7 nitrogen and oxygen atoms in total. The molecule has 4 rings (SSSR count). The van der Waals surface area contributed by atoms with Crippen molar-refractivity contribution in [2.24, 2.45) is 0 Å². The maximum atomic E-state index is 12.5. The summed E-state index contributed by atoms with van der Waals surface area (Å²) in [5.74, 6) is -1.63. The van der Waals surface area contributed by atoms with E-state index < -0.39 is 11.9 Å². The zero-order chi connectivity index (χ0) is 22.5. The maximum absolute atomic E-state index is 12.5. The van der Waals surface area contributed by atoms with E-state index in [1.807, 2.05) is 36.5 Å². The van der Waals surface area contributed by atoms with Gasteiger partial charge in [0.2, 0.25) is 5.91 Å². The number of amides is 2. The molecular formula is C24H19N3O4S. The van der Waals surface area contributed by atoms with Gasteiger partial charge >= 0.3 is 5.97 Å². The van der Waals surface area contributed by atoms with E-state index in [1.165, 1.54) is 23.9 Å². The molecule has 32 heavy (non-hydrogen) atoms. The Morgan fingerprint density at radius 3 is 2.44 bits per heavy atom. The second kappa shape index (κ2) is 9.40. The van der Waals surface area contributed by atoms with Crippen LogP contribution in [0.25, 0.3) is 10.9 Å². The summed E-state index contributed by atoms with van der Waals surface area (Å²) in [6.45, 7) is 0. The quantitative estimate of drug-likeness (QED) is 0.304. The molecule has 160 valence electrons. The number of H-pyrrole nitrogens is 1. The lowest BCUT2D eigenvalue weighted by molar-refractivity contribution is -0.113. The highest BCUT2D eigenvalue weighted by Crippen LogP contribution is 2.23. The number of aromatic carboxylic acids is 1. The minimum absolute atomic E-state index is 0.0651. The van der Waals surface area contributed by atoms with Gasteiger partial charge in [0, 0.05) is 28.0 Å². The number of carboxylic acids is 1. The van der Waals surface area contributed by atoms with Gasteiger partial charge in [-0.25, -0.2) is 4.79 Å². The molecule has 0 fully saturated rings. The summed E-state index contributed by atoms with van der Waals surface area (Å²) in [6.07, 6.45) is 1.85. The van der Waals surface area contributed by atoms with Crippen molar-refractivity contribution in [1.29, 1.82) is 0 Å². The van der Waals surface area contributed by atoms with Gasteiger partial charge in [0.05, 0.1) is 16.9 Å². The molecule has 8 heteroatoms. The molecule has 0 saturated heterocycles. The first kappa shape index (κ1) is 21.2. The normalized spacial score (nSPS) is 10.6. The van der Waals surface area contributed by atoms with Crippen LogP contribution in [0.5, 0.6) is 0 Å². The van der Waals surface area contributed by atoms with Crippen LogP contribution in [0.2, 0.25) is 0 Å². The van der Waals surface area contributed by atoms with Crippen LogP contribution >= 0.6 is 11.8 Å². The highest BCUT2D eigenvalue weighted by molar-refractivity contribution is 8.00. The first-order valence-corrected chi connectivity index (χ1v) is 10.7. The van der Waals surface area contributed by atoms with Crippen LogP contribution in [0, 0.1) is 0 Å². The Morgan fingerprint density at radius 1 is 0.844 bits per heavy atom. The molecule has 0 atom stereocenters. The Labute approximate surface area is 187 Å². The Bertz CT molecular complexity index is 1320. The molecule has 0 radical (unpaired) electrons. The van der Waals surface area contributed by atoms with Crippen molar-refractivity contribution in [2.75, 3.05) is 16.4 Å². The second-order valence-corrected chi connectivity index (χ2v) is 8.00. The molecule has 1 heterocycles. The molecule has 0 aliphatic carbocycles. The summed E-state index contributed by atoms with van der Waals surface area (Å²) in [7, 11) is 0. The number of thioether (sulfide) groups is 1. The minimum atomic E-state index is -1.17. The lowest BCUT2D eigenvalue weighted by atomic mass is 10.1. The third-order valence-corrected chi connectivity index (χ3v) is 5.70. The predicted octanol–water partition coefficient (Wildman–Crippen LogP) is 4.85. The maximum Gasteiger partial charge on any atom is 0.336 e. The van der Waals surface area contributed by atoms with Gasteiger partial charge in [-0.15, -0.1) is 11.8 Å². The van der Waals surface area contributed by atoms with E-state index in [0.717, 1.165) is 15.8 Å². The molecule has 4 aromatic rings. The van der Waals surface area contributed by atoms with Crippen molar-refractivity contribution in [1.82, 2.24) is 4.98 Å². The smallest absolute Gasteiger partial charge is 0.336 e. The summed E-state index contributed by atoms with van der Waals surface area (Å²) in [5, 5.41) is 15.9. The Kier molecular flexibility index (Phi) is 6.23. The van der Waals surface area contributed by atoms with Gasteiger partial charge in [-0.1, -0.05) is 24.3 Å². The van der Waals surface area contributed by atoms with Gasteiger partial charge in [-0.05, 0) is 53.9 Å². The van der Waals surface area contributed by atoms with Crippen molar-refractivity contribution < 1.29 is 19.5 Å². The van der Waals surface area contributed by atoms with E-state index in [4.69, 9.17) is 0 Å². The van der Waals surface area contributed by atoms with Crippen molar-refractivity contribution in [3.05, 3.63) is 90.1 Å². The number of benzene rings is 3. The number of anilines is 2. The molecule has 0 aliphatic heterocycles. The molecule has 4 N–H and O–H groups in total. The van der Waals surface area contributed by atoms with E-state index in [1.54, 1.807) is 30.3 Å². The van der Waals surface area contributed by atoms with Crippen molar-refractivity contribution in [3.8, 4) is 0 Å². The summed E-state index contributed by atoms with van der Waals surface area (Å²) >= 11 is 1.33. The van der Waals surface area contributed by atoms with E-state index in [-0.39, 0.29) is 22.8 Å². The zero-order valence-electron chi connectivity index (χ0n) is 16.8. The molecule has 2 amide bonds. The van der Waals surface area contributed by atoms with E-state index >= 15 is 0 Å². The fourth-order valence-corrected chi connectivity index (χ4v) is 3.96. The van der Waals surface area contributed by atoms with Gasteiger partial charge in [-0.3, -0.25) is 9.59 Å². The van der Waals surface area contributed by atoms with Crippen LogP contribution in [-0.4, -0.2) is 33.6 Å². The molecule has 0 saturated carbocycles. The molecule has 1 aromatic heterocycles. The number of fused-ring (bicyclic) bond motifs is 1. The van der Waals surface area contributed by atoms with Crippen LogP contribution in [-0.2, 0) is 4.79 Å². The van der Waals surface area contributed by atoms with Crippen molar-refractivity contribution >= 4 is 51.8 Å². The largest absolute Gasteiger partial charge is 0.478 e. The van der Waals surface area contributed by atoms with Crippen LogP contribution in [0.1, 0.15) is 20.7 Å². The highest BCUT2D eigenvalue weighted by atomic mass is 32.2. The van der Waals surface area contributed by atoms with Crippen LogP contribution in [0.15, 0.2) is 83.9 Å². The third kappa shape index (κ3) is 4.98. The monoisotopic (exact) mass is 445 g/mol. The average molecular weight is 446 g/mol.